The van der Waals surface area contributed by atoms with Crippen LogP contribution in [0.3, 0.4) is 0 Å². The van der Waals surface area contributed by atoms with Gasteiger partial charge in [-0.25, -0.2) is 4.79 Å². The minimum Gasteiger partial charge on any atom is -0.493 e. The van der Waals surface area contributed by atoms with Crippen molar-refractivity contribution in [1.82, 2.24) is 0 Å². The monoisotopic (exact) mass is 398 g/mol. The van der Waals surface area contributed by atoms with Crippen molar-refractivity contribution in [3.63, 3.8) is 0 Å². The van der Waals surface area contributed by atoms with Crippen LogP contribution >= 0.6 is 0 Å². The van der Waals surface area contributed by atoms with Crippen LogP contribution in [0.15, 0.2) is 42.5 Å². The molecule has 0 spiro atoms. The van der Waals surface area contributed by atoms with Crippen LogP contribution in [0.1, 0.15) is 60.9 Å². The van der Waals surface area contributed by atoms with E-state index in [9.17, 15) is 9.59 Å². The molecule has 0 radical (unpaired) electrons. The largest absolute Gasteiger partial charge is 0.493 e. The molecule has 5 nitrogen and oxygen atoms in total. The van der Waals surface area contributed by atoms with Crippen LogP contribution in [-0.4, -0.2) is 32.1 Å². The Hall–Kier alpha value is -2.82. The highest BCUT2D eigenvalue weighted by molar-refractivity contribution is 5.99. The Bertz CT molecular complexity index is 845. The molecule has 5 heteroatoms. The third-order valence-corrected chi connectivity index (χ3v) is 4.38. The number of ketones is 1. The van der Waals surface area contributed by atoms with Gasteiger partial charge >= 0.3 is 5.97 Å². The molecule has 0 N–H and O–H groups in total. The SMILES string of the molecule is COc1cc(C(=O)OCC(=O)c2ccc(C(C)(C)C)cc2)ccc1OCC(C)C. The number of carbonyl (C=O) groups is 2. The number of carbonyl (C=O) groups excluding carboxylic acids is 2. The quantitative estimate of drug-likeness (QED) is 0.459. The Morgan fingerprint density at radius 1 is 0.931 bits per heavy atom. The molecule has 156 valence electrons. The first-order chi connectivity index (χ1) is 13.6. The first kappa shape index (κ1) is 22.5. The third-order valence-electron chi connectivity index (χ3n) is 4.38. The van der Waals surface area contributed by atoms with Gasteiger partial charge in [0.2, 0.25) is 0 Å². The number of Topliss-reactive ketones (excluding diaryl/α,β-unsaturated/α-hetero) is 1. The van der Waals surface area contributed by atoms with Crippen molar-refractivity contribution in [2.45, 2.75) is 40.0 Å². The maximum Gasteiger partial charge on any atom is 0.338 e. The van der Waals surface area contributed by atoms with E-state index in [1.165, 1.54) is 7.11 Å². The molecule has 2 aromatic rings. The highest BCUT2D eigenvalue weighted by Gasteiger charge is 2.17. The van der Waals surface area contributed by atoms with E-state index >= 15 is 0 Å². The lowest BCUT2D eigenvalue weighted by Gasteiger charge is -2.19. The van der Waals surface area contributed by atoms with Crippen LogP contribution in [0.2, 0.25) is 0 Å². The fourth-order valence-corrected chi connectivity index (χ4v) is 2.62. The van der Waals surface area contributed by atoms with Crippen molar-refractivity contribution in [3.8, 4) is 11.5 Å². The first-order valence-corrected chi connectivity index (χ1v) is 9.73. The highest BCUT2D eigenvalue weighted by Crippen LogP contribution is 2.29. The summed E-state index contributed by atoms with van der Waals surface area (Å²) >= 11 is 0. The first-order valence-electron chi connectivity index (χ1n) is 9.73. The van der Waals surface area contributed by atoms with E-state index in [0.717, 1.165) is 5.56 Å². The average Bonchev–Trinajstić information content (AvgIpc) is 2.69. The number of ether oxygens (including phenoxy) is 3. The normalized spacial score (nSPS) is 11.3. The molecule has 0 atom stereocenters. The van der Waals surface area contributed by atoms with Crippen molar-refractivity contribution in [2.24, 2.45) is 5.92 Å². The van der Waals surface area contributed by atoms with Gasteiger partial charge in [-0.15, -0.1) is 0 Å². The zero-order chi connectivity index (χ0) is 21.6. The summed E-state index contributed by atoms with van der Waals surface area (Å²) < 4.78 is 16.2. The molecular weight excluding hydrogens is 368 g/mol. The van der Waals surface area contributed by atoms with Gasteiger partial charge in [0.05, 0.1) is 19.3 Å². The van der Waals surface area contributed by atoms with Gasteiger partial charge in [0.15, 0.2) is 23.9 Å². The Morgan fingerprint density at radius 2 is 1.55 bits per heavy atom. The number of methoxy groups -OCH3 is 1. The second-order valence-corrected chi connectivity index (χ2v) is 8.40. The Kier molecular flexibility index (Phi) is 7.43. The van der Waals surface area contributed by atoms with Gasteiger partial charge in [-0.1, -0.05) is 58.9 Å². The number of hydrogen-bond donors (Lipinski definition) is 0. The highest BCUT2D eigenvalue weighted by atomic mass is 16.5. The average molecular weight is 398 g/mol. The van der Waals surface area contributed by atoms with Crippen LogP contribution in [0.5, 0.6) is 11.5 Å². The molecule has 0 unspecified atom stereocenters. The molecule has 0 bridgehead atoms. The zero-order valence-corrected chi connectivity index (χ0v) is 18.1. The van der Waals surface area contributed by atoms with Crippen LogP contribution in [0.4, 0.5) is 0 Å². The molecule has 0 amide bonds. The molecule has 2 aromatic carbocycles. The third kappa shape index (κ3) is 6.34. The van der Waals surface area contributed by atoms with Gasteiger partial charge in [-0.05, 0) is 35.1 Å². The van der Waals surface area contributed by atoms with Gasteiger partial charge in [-0.3, -0.25) is 4.79 Å². The smallest absolute Gasteiger partial charge is 0.338 e. The fourth-order valence-electron chi connectivity index (χ4n) is 2.62. The molecule has 0 heterocycles. The van der Waals surface area contributed by atoms with Crippen LogP contribution < -0.4 is 9.47 Å². The topological polar surface area (TPSA) is 61.8 Å². The molecule has 0 aliphatic carbocycles. The summed E-state index contributed by atoms with van der Waals surface area (Å²) in [5.41, 5.74) is 1.96. The van der Waals surface area contributed by atoms with E-state index in [-0.39, 0.29) is 17.8 Å². The summed E-state index contributed by atoms with van der Waals surface area (Å²) in [4.78, 5) is 24.7. The predicted octanol–water partition coefficient (Wildman–Crippen LogP) is 5.07. The number of esters is 1. The van der Waals surface area contributed by atoms with Gasteiger partial charge in [0.25, 0.3) is 0 Å². The lowest BCUT2D eigenvalue weighted by Crippen LogP contribution is -2.15. The molecule has 0 aromatic heterocycles. The zero-order valence-electron chi connectivity index (χ0n) is 18.1. The van der Waals surface area contributed by atoms with Crippen molar-refractivity contribution >= 4 is 11.8 Å². The van der Waals surface area contributed by atoms with Crippen molar-refractivity contribution in [1.29, 1.82) is 0 Å². The van der Waals surface area contributed by atoms with E-state index < -0.39 is 5.97 Å². The van der Waals surface area contributed by atoms with Crippen molar-refractivity contribution in [2.75, 3.05) is 20.3 Å². The van der Waals surface area contributed by atoms with Gasteiger partial charge in [-0.2, -0.15) is 0 Å². The predicted molar refractivity (Wildman–Crippen MR) is 113 cm³/mol. The number of hydrogen-bond acceptors (Lipinski definition) is 5. The van der Waals surface area contributed by atoms with Gasteiger partial charge in [0.1, 0.15) is 0 Å². The molecule has 0 aliphatic rings. The second-order valence-electron chi connectivity index (χ2n) is 8.40. The molecule has 0 aliphatic heterocycles. The van der Waals surface area contributed by atoms with Gasteiger partial charge < -0.3 is 14.2 Å². The van der Waals surface area contributed by atoms with Gasteiger partial charge in [0, 0.05) is 5.56 Å². The maximum atomic E-state index is 12.3. The fraction of sp³-hybridized carbons (Fsp3) is 0.417. The number of rotatable bonds is 8. The Morgan fingerprint density at radius 3 is 2.10 bits per heavy atom. The molecular formula is C24H30O5. The number of benzene rings is 2. The summed E-state index contributed by atoms with van der Waals surface area (Å²) in [5.74, 6) is 0.547. The standard InChI is InChI=1S/C24H30O5/c1-16(2)14-28-21-12-9-18(13-22(21)27-6)23(26)29-15-20(25)17-7-10-19(11-8-17)24(3,4)5/h7-13,16H,14-15H2,1-6H3. The summed E-state index contributed by atoms with van der Waals surface area (Å²) in [7, 11) is 1.51. The van der Waals surface area contributed by atoms with E-state index in [0.29, 0.717) is 35.2 Å². The van der Waals surface area contributed by atoms with E-state index in [1.54, 1.807) is 30.3 Å². The molecule has 2 rings (SSSR count). The Balaban J connectivity index is 2.00. The minimum atomic E-state index is -0.585. The van der Waals surface area contributed by atoms with E-state index in [2.05, 4.69) is 20.8 Å². The second kappa shape index (κ2) is 9.59. The molecule has 29 heavy (non-hydrogen) atoms. The van der Waals surface area contributed by atoms with E-state index in [1.807, 2.05) is 26.0 Å². The summed E-state index contributed by atoms with van der Waals surface area (Å²) in [6.07, 6.45) is 0. The van der Waals surface area contributed by atoms with Crippen LogP contribution in [0, 0.1) is 5.92 Å². The molecule has 0 fully saturated rings. The minimum absolute atomic E-state index is 0.0120. The summed E-state index contributed by atoms with van der Waals surface area (Å²) in [6.45, 7) is 10.7. The summed E-state index contributed by atoms with van der Waals surface area (Å²) in [5, 5.41) is 0. The molecule has 0 saturated heterocycles. The van der Waals surface area contributed by atoms with E-state index in [4.69, 9.17) is 14.2 Å². The van der Waals surface area contributed by atoms with Crippen LogP contribution in [0.25, 0.3) is 0 Å². The Labute approximate surface area is 173 Å². The van der Waals surface area contributed by atoms with Crippen molar-refractivity contribution < 1.29 is 23.8 Å². The maximum absolute atomic E-state index is 12.3. The molecule has 0 saturated carbocycles. The van der Waals surface area contributed by atoms with Crippen LogP contribution in [-0.2, 0) is 10.2 Å². The lowest BCUT2D eigenvalue weighted by atomic mass is 9.86. The van der Waals surface area contributed by atoms with Crippen molar-refractivity contribution in [3.05, 3.63) is 59.2 Å². The lowest BCUT2D eigenvalue weighted by molar-refractivity contribution is 0.0474. The summed E-state index contributed by atoms with van der Waals surface area (Å²) in [6, 6.07) is 12.2.